The predicted octanol–water partition coefficient (Wildman–Crippen LogP) is 1.81. The lowest BCUT2D eigenvalue weighted by atomic mass is 10.2. The molecule has 0 aromatic heterocycles. The molecule has 0 aliphatic rings. The predicted molar refractivity (Wildman–Crippen MR) is 73.1 cm³/mol. The second-order valence-corrected chi connectivity index (χ2v) is 4.30. The van der Waals surface area contributed by atoms with E-state index < -0.39 is 0 Å². The van der Waals surface area contributed by atoms with E-state index in [-0.39, 0.29) is 12.0 Å². The Morgan fingerprint density at radius 2 is 2.11 bits per heavy atom. The number of likely N-dealkylation sites (N-methyl/N-ethyl adjacent to an activating group) is 1. The minimum atomic E-state index is -0.0675. The lowest BCUT2D eigenvalue weighted by molar-refractivity contribution is 0.0953. The van der Waals surface area contributed by atoms with Gasteiger partial charge in [-0.1, -0.05) is 13.0 Å². The molecule has 1 aromatic carbocycles. The van der Waals surface area contributed by atoms with Crippen LogP contribution in [0.25, 0.3) is 0 Å². The number of hydrogen-bond acceptors (Lipinski definition) is 3. The largest absolute Gasteiger partial charge is 0.491 e. The summed E-state index contributed by atoms with van der Waals surface area (Å²) < 4.78 is 5.56. The molecule has 0 spiro atoms. The van der Waals surface area contributed by atoms with E-state index in [0.29, 0.717) is 12.1 Å². The van der Waals surface area contributed by atoms with E-state index in [2.05, 4.69) is 10.6 Å². The highest BCUT2D eigenvalue weighted by Gasteiger charge is 2.06. The summed E-state index contributed by atoms with van der Waals surface area (Å²) in [6.45, 7) is 8.28. The van der Waals surface area contributed by atoms with Crippen LogP contribution in [0.5, 0.6) is 5.75 Å². The van der Waals surface area contributed by atoms with Gasteiger partial charge in [-0.2, -0.15) is 0 Å². The maximum absolute atomic E-state index is 11.9. The zero-order valence-corrected chi connectivity index (χ0v) is 11.3. The number of nitrogens with one attached hydrogen (secondary N) is 2. The number of rotatable bonds is 7. The van der Waals surface area contributed by atoms with Crippen LogP contribution >= 0.6 is 0 Å². The van der Waals surface area contributed by atoms with Gasteiger partial charge in [-0.05, 0) is 38.6 Å². The fourth-order valence-corrected chi connectivity index (χ4v) is 1.53. The lowest BCUT2D eigenvalue weighted by Gasteiger charge is -2.11. The monoisotopic (exact) mass is 250 g/mol. The van der Waals surface area contributed by atoms with E-state index in [0.717, 1.165) is 18.8 Å². The number of ether oxygens (including phenoxy) is 1. The van der Waals surface area contributed by atoms with Crippen molar-refractivity contribution >= 4 is 5.91 Å². The van der Waals surface area contributed by atoms with Gasteiger partial charge in [0.25, 0.3) is 5.91 Å². The molecule has 18 heavy (non-hydrogen) atoms. The SMILES string of the molecule is CCNCCNC(=O)c1cccc(OC(C)C)c1. The highest BCUT2D eigenvalue weighted by Crippen LogP contribution is 2.14. The van der Waals surface area contributed by atoms with Crippen LogP contribution in [0, 0.1) is 0 Å². The van der Waals surface area contributed by atoms with Gasteiger partial charge in [0.05, 0.1) is 6.10 Å². The standard InChI is InChI=1S/C14H22N2O2/c1-4-15-8-9-16-14(17)12-6-5-7-13(10-12)18-11(2)3/h5-7,10-11,15H,4,8-9H2,1-3H3,(H,16,17). The second kappa shape index (κ2) is 7.71. The third-order valence-electron chi connectivity index (χ3n) is 2.31. The van der Waals surface area contributed by atoms with E-state index in [4.69, 9.17) is 4.74 Å². The molecule has 0 radical (unpaired) electrons. The van der Waals surface area contributed by atoms with Crippen molar-refractivity contribution in [2.45, 2.75) is 26.9 Å². The molecule has 0 bridgehead atoms. The Morgan fingerprint density at radius 3 is 2.78 bits per heavy atom. The maximum atomic E-state index is 11.9. The summed E-state index contributed by atoms with van der Waals surface area (Å²) >= 11 is 0. The van der Waals surface area contributed by atoms with Crippen molar-refractivity contribution in [3.63, 3.8) is 0 Å². The van der Waals surface area contributed by atoms with Crippen LogP contribution in [0.2, 0.25) is 0 Å². The summed E-state index contributed by atoms with van der Waals surface area (Å²) in [7, 11) is 0. The van der Waals surface area contributed by atoms with Gasteiger partial charge in [0.15, 0.2) is 0 Å². The molecule has 0 saturated carbocycles. The molecule has 0 aliphatic heterocycles. The maximum Gasteiger partial charge on any atom is 0.251 e. The first-order valence-corrected chi connectivity index (χ1v) is 6.39. The van der Waals surface area contributed by atoms with E-state index in [9.17, 15) is 4.79 Å². The number of amides is 1. The molecule has 0 atom stereocenters. The minimum Gasteiger partial charge on any atom is -0.491 e. The fraction of sp³-hybridized carbons (Fsp3) is 0.500. The third-order valence-corrected chi connectivity index (χ3v) is 2.31. The van der Waals surface area contributed by atoms with Crippen LogP contribution in [0.1, 0.15) is 31.1 Å². The highest BCUT2D eigenvalue weighted by atomic mass is 16.5. The van der Waals surface area contributed by atoms with Gasteiger partial charge in [0.2, 0.25) is 0 Å². The van der Waals surface area contributed by atoms with Crippen molar-refractivity contribution < 1.29 is 9.53 Å². The van der Waals surface area contributed by atoms with E-state index in [1.807, 2.05) is 32.9 Å². The zero-order chi connectivity index (χ0) is 13.4. The second-order valence-electron chi connectivity index (χ2n) is 4.30. The molecule has 1 aromatic rings. The first-order chi connectivity index (χ1) is 8.63. The fourth-order valence-electron chi connectivity index (χ4n) is 1.53. The highest BCUT2D eigenvalue weighted by molar-refractivity contribution is 5.94. The van der Waals surface area contributed by atoms with Gasteiger partial charge in [-0.3, -0.25) is 4.79 Å². The van der Waals surface area contributed by atoms with Crippen LogP contribution in [-0.2, 0) is 0 Å². The molecule has 0 fully saturated rings. The molecule has 0 heterocycles. The molecule has 100 valence electrons. The van der Waals surface area contributed by atoms with Gasteiger partial charge < -0.3 is 15.4 Å². The van der Waals surface area contributed by atoms with Gasteiger partial charge in [0, 0.05) is 18.7 Å². The van der Waals surface area contributed by atoms with Crippen molar-refractivity contribution in [3.05, 3.63) is 29.8 Å². The Hall–Kier alpha value is -1.55. The normalized spacial score (nSPS) is 10.4. The van der Waals surface area contributed by atoms with Gasteiger partial charge >= 0.3 is 0 Å². The van der Waals surface area contributed by atoms with Crippen LogP contribution in [0.3, 0.4) is 0 Å². The number of carbonyl (C=O) groups is 1. The molecule has 0 aliphatic carbocycles. The number of benzene rings is 1. The summed E-state index contributed by atoms with van der Waals surface area (Å²) in [4.78, 5) is 11.9. The Balaban J connectivity index is 2.51. The topological polar surface area (TPSA) is 50.4 Å². The first-order valence-electron chi connectivity index (χ1n) is 6.39. The Kier molecular flexibility index (Phi) is 6.22. The molecule has 2 N–H and O–H groups in total. The number of hydrogen-bond donors (Lipinski definition) is 2. The van der Waals surface area contributed by atoms with E-state index in [1.165, 1.54) is 0 Å². The molecule has 0 unspecified atom stereocenters. The zero-order valence-electron chi connectivity index (χ0n) is 11.3. The molecular formula is C14H22N2O2. The van der Waals surface area contributed by atoms with Crippen LogP contribution in [0.15, 0.2) is 24.3 Å². The van der Waals surface area contributed by atoms with Crippen LogP contribution in [0.4, 0.5) is 0 Å². The average Bonchev–Trinajstić information content (AvgIpc) is 2.34. The first kappa shape index (κ1) is 14.5. The van der Waals surface area contributed by atoms with E-state index in [1.54, 1.807) is 12.1 Å². The van der Waals surface area contributed by atoms with Crippen molar-refractivity contribution in [2.24, 2.45) is 0 Å². The lowest BCUT2D eigenvalue weighted by Crippen LogP contribution is -2.31. The quantitative estimate of drug-likeness (QED) is 0.726. The van der Waals surface area contributed by atoms with Crippen molar-refractivity contribution in [2.75, 3.05) is 19.6 Å². The van der Waals surface area contributed by atoms with Crippen molar-refractivity contribution in [1.29, 1.82) is 0 Å². The molecular weight excluding hydrogens is 228 g/mol. The van der Waals surface area contributed by atoms with Crippen molar-refractivity contribution in [1.82, 2.24) is 10.6 Å². The van der Waals surface area contributed by atoms with Gasteiger partial charge in [0.1, 0.15) is 5.75 Å². The molecule has 4 nitrogen and oxygen atoms in total. The summed E-state index contributed by atoms with van der Waals surface area (Å²) in [5.74, 6) is 0.659. The molecule has 4 heteroatoms. The minimum absolute atomic E-state index is 0.0675. The Morgan fingerprint density at radius 1 is 1.33 bits per heavy atom. The molecule has 1 rings (SSSR count). The summed E-state index contributed by atoms with van der Waals surface area (Å²) in [5.41, 5.74) is 0.629. The average molecular weight is 250 g/mol. The summed E-state index contributed by atoms with van der Waals surface area (Å²) in [6.07, 6.45) is 0.108. The van der Waals surface area contributed by atoms with Gasteiger partial charge in [-0.15, -0.1) is 0 Å². The smallest absolute Gasteiger partial charge is 0.251 e. The molecule has 0 saturated heterocycles. The number of carbonyl (C=O) groups excluding carboxylic acids is 1. The van der Waals surface area contributed by atoms with Crippen LogP contribution < -0.4 is 15.4 Å². The summed E-state index contributed by atoms with van der Waals surface area (Å²) in [5, 5.41) is 6.01. The Bertz CT molecular complexity index is 378. The Labute approximate surface area is 109 Å². The summed E-state index contributed by atoms with van der Waals surface area (Å²) in [6, 6.07) is 7.24. The van der Waals surface area contributed by atoms with Crippen LogP contribution in [-0.4, -0.2) is 31.6 Å². The van der Waals surface area contributed by atoms with Gasteiger partial charge in [-0.25, -0.2) is 0 Å². The third kappa shape index (κ3) is 5.19. The van der Waals surface area contributed by atoms with E-state index >= 15 is 0 Å². The molecule has 1 amide bonds. The van der Waals surface area contributed by atoms with Crippen molar-refractivity contribution in [3.8, 4) is 5.75 Å².